The molecule has 0 aliphatic carbocycles. The predicted octanol–water partition coefficient (Wildman–Crippen LogP) is 3.54. The van der Waals surface area contributed by atoms with E-state index in [2.05, 4.69) is 4.18 Å². The van der Waals surface area contributed by atoms with Crippen LogP contribution in [0.1, 0.15) is 5.56 Å². The fraction of sp³-hybridized carbons (Fsp3) is 0.294. The third kappa shape index (κ3) is 5.31. The lowest BCUT2D eigenvalue weighted by atomic mass is 10.2. The Morgan fingerprint density at radius 3 is 1.76 bits per heavy atom. The largest absolute Gasteiger partial charge is 0.534 e. The molecule has 0 aliphatic heterocycles. The minimum absolute atomic E-state index is 0.0106. The quantitative estimate of drug-likeness (QED) is 0.366. The van der Waals surface area contributed by atoms with Gasteiger partial charge in [-0.3, -0.25) is 0 Å². The Kier molecular flexibility index (Phi) is 6.13. The van der Waals surface area contributed by atoms with Crippen molar-refractivity contribution in [2.24, 2.45) is 0 Å². The smallest absolute Gasteiger partial charge is 0.379 e. The lowest BCUT2D eigenvalue weighted by molar-refractivity contribution is -0.0499. The standard InChI is InChI=1S/C17H19F3O6S2Si/c1-12-8-10-13(11-9-12)27(21,22)25-14-6-5-7-15(16(14)29(2,3)4)26-28(23,24)17(18,19)20/h5-11H,1-4H3. The monoisotopic (exact) mass is 468 g/mol. The molecule has 0 saturated carbocycles. The van der Waals surface area contributed by atoms with Crippen LogP contribution < -0.4 is 13.6 Å². The van der Waals surface area contributed by atoms with Crippen LogP contribution in [-0.2, 0) is 20.2 Å². The van der Waals surface area contributed by atoms with E-state index >= 15 is 0 Å². The number of alkyl halides is 3. The van der Waals surface area contributed by atoms with Crippen molar-refractivity contribution in [1.82, 2.24) is 0 Å². The topological polar surface area (TPSA) is 86.7 Å². The molecular weight excluding hydrogens is 449 g/mol. The average molecular weight is 469 g/mol. The van der Waals surface area contributed by atoms with Crippen LogP contribution in [0.4, 0.5) is 13.2 Å². The van der Waals surface area contributed by atoms with E-state index in [0.717, 1.165) is 17.7 Å². The number of hydrogen-bond donors (Lipinski definition) is 0. The van der Waals surface area contributed by atoms with Crippen LogP contribution in [0.25, 0.3) is 0 Å². The van der Waals surface area contributed by atoms with Gasteiger partial charge in [0, 0.05) is 5.19 Å². The lowest BCUT2D eigenvalue weighted by Gasteiger charge is -2.24. The summed E-state index contributed by atoms with van der Waals surface area (Å²) in [6, 6.07) is 9.20. The summed E-state index contributed by atoms with van der Waals surface area (Å²) in [5.41, 5.74) is -4.81. The molecule has 6 nitrogen and oxygen atoms in total. The summed E-state index contributed by atoms with van der Waals surface area (Å²) in [5, 5.41) is -0.0106. The maximum atomic E-state index is 12.7. The van der Waals surface area contributed by atoms with Crippen molar-refractivity contribution in [2.45, 2.75) is 37.0 Å². The molecule has 0 fully saturated rings. The van der Waals surface area contributed by atoms with Crippen LogP contribution in [0.15, 0.2) is 47.4 Å². The highest BCUT2D eigenvalue weighted by Gasteiger charge is 2.49. The van der Waals surface area contributed by atoms with Crippen molar-refractivity contribution in [1.29, 1.82) is 0 Å². The second-order valence-corrected chi connectivity index (χ2v) is 15.3. The number of halogens is 3. The highest BCUT2D eigenvalue weighted by atomic mass is 32.2. The van der Waals surface area contributed by atoms with Crippen molar-refractivity contribution in [2.75, 3.05) is 0 Å². The summed E-state index contributed by atoms with van der Waals surface area (Å²) in [4.78, 5) is -0.154. The first-order valence-electron chi connectivity index (χ1n) is 8.20. The molecule has 2 rings (SSSR count). The molecule has 0 amide bonds. The molecule has 2 aromatic carbocycles. The molecule has 0 aromatic heterocycles. The second-order valence-electron chi connectivity index (χ2n) is 7.21. The van der Waals surface area contributed by atoms with E-state index in [4.69, 9.17) is 4.18 Å². The van der Waals surface area contributed by atoms with Gasteiger partial charge in [0.25, 0.3) is 0 Å². The van der Waals surface area contributed by atoms with Gasteiger partial charge in [-0.15, -0.1) is 0 Å². The Labute approximate surface area is 168 Å². The van der Waals surface area contributed by atoms with Gasteiger partial charge in [-0.25, -0.2) is 0 Å². The van der Waals surface area contributed by atoms with E-state index in [1.165, 1.54) is 18.2 Å². The Hall–Kier alpha value is -2.05. The van der Waals surface area contributed by atoms with Crippen LogP contribution in [-0.4, -0.2) is 30.4 Å². The minimum atomic E-state index is -5.93. The number of hydrogen-bond acceptors (Lipinski definition) is 6. The normalized spacial score (nSPS) is 13.2. The minimum Gasteiger partial charge on any atom is -0.379 e. The van der Waals surface area contributed by atoms with Crippen molar-refractivity contribution in [3.8, 4) is 11.5 Å². The maximum absolute atomic E-state index is 12.7. The van der Waals surface area contributed by atoms with E-state index in [9.17, 15) is 30.0 Å². The zero-order valence-corrected chi connectivity index (χ0v) is 18.6. The van der Waals surface area contributed by atoms with Gasteiger partial charge in [0.05, 0.1) is 8.07 Å². The van der Waals surface area contributed by atoms with Gasteiger partial charge in [-0.1, -0.05) is 43.4 Å². The number of aryl methyl sites for hydroxylation is 1. The Balaban J connectivity index is 2.58. The summed E-state index contributed by atoms with van der Waals surface area (Å²) in [6.07, 6.45) is 0. The third-order valence-corrected chi connectivity index (χ3v) is 7.94. The van der Waals surface area contributed by atoms with E-state index in [1.807, 2.05) is 0 Å². The number of benzene rings is 2. The van der Waals surface area contributed by atoms with Crippen LogP contribution in [0.3, 0.4) is 0 Å². The predicted molar refractivity (Wildman–Crippen MR) is 104 cm³/mol. The molecule has 0 radical (unpaired) electrons. The third-order valence-electron chi connectivity index (χ3n) is 3.73. The molecule has 0 spiro atoms. The van der Waals surface area contributed by atoms with Crippen molar-refractivity contribution >= 4 is 33.5 Å². The van der Waals surface area contributed by atoms with Gasteiger partial charge in [-0.2, -0.15) is 30.0 Å². The van der Waals surface area contributed by atoms with Gasteiger partial charge < -0.3 is 8.37 Å². The highest BCUT2D eigenvalue weighted by molar-refractivity contribution is 7.88. The van der Waals surface area contributed by atoms with Crippen LogP contribution in [0, 0.1) is 6.92 Å². The van der Waals surface area contributed by atoms with Gasteiger partial charge in [0.15, 0.2) is 0 Å². The van der Waals surface area contributed by atoms with Crippen molar-refractivity contribution in [3.63, 3.8) is 0 Å². The fourth-order valence-corrected chi connectivity index (χ4v) is 5.73. The van der Waals surface area contributed by atoms with E-state index < -0.39 is 39.6 Å². The van der Waals surface area contributed by atoms with Crippen LogP contribution >= 0.6 is 0 Å². The first-order valence-corrected chi connectivity index (χ1v) is 14.5. The zero-order chi connectivity index (χ0) is 22.3. The molecule has 0 aliphatic rings. The van der Waals surface area contributed by atoms with Gasteiger partial charge in [0.1, 0.15) is 16.4 Å². The summed E-state index contributed by atoms with van der Waals surface area (Å²) in [5.74, 6) is -0.891. The summed E-state index contributed by atoms with van der Waals surface area (Å²) < 4.78 is 95.8. The summed E-state index contributed by atoms with van der Waals surface area (Å²) in [7, 11) is -12.9. The molecule has 2 aromatic rings. The average Bonchev–Trinajstić information content (AvgIpc) is 2.52. The van der Waals surface area contributed by atoms with Crippen molar-refractivity contribution in [3.05, 3.63) is 48.0 Å². The molecule has 0 atom stereocenters. The van der Waals surface area contributed by atoms with E-state index in [-0.39, 0.29) is 15.8 Å². The van der Waals surface area contributed by atoms with Gasteiger partial charge in [-0.05, 0) is 31.2 Å². The molecule has 0 N–H and O–H groups in total. The highest BCUT2D eigenvalue weighted by Crippen LogP contribution is 2.30. The first kappa shape index (κ1) is 23.2. The van der Waals surface area contributed by atoms with Crippen molar-refractivity contribution < 1.29 is 38.4 Å². The summed E-state index contributed by atoms with van der Waals surface area (Å²) in [6.45, 7) is 6.81. The molecule has 0 unspecified atom stereocenters. The first-order chi connectivity index (χ1) is 13.0. The molecule has 12 heteroatoms. The van der Waals surface area contributed by atoms with Crippen LogP contribution in [0.2, 0.25) is 19.6 Å². The second kappa shape index (κ2) is 7.65. The fourth-order valence-electron chi connectivity index (χ4n) is 2.43. The molecule has 0 saturated heterocycles. The molecule has 0 heterocycles. The van der Waals surface area contributed by atoms with E-state index in [1.54, 1.807) is 38.7 Å². The Bertz CT molecular complexity index is 1100. The van der Waals surface area contributed by atoms with Crippen LogP contribution in [0.5, 0.6) is 11.5 Å². The summed E-state index contributed by atoms with van der Waals surface area (Å²) >= 11 is 0. The maximum Gasteiger partial charge on any atom is 0.534 e. The Morgan fingerprint density at radius 1 is 0.828 bits per heavy atom. The Morgan fingerprint density at radius 2 is 1.31 bits per heavy atom. The molecule has 29 heavy (non-hydrogen) atoms. The van der Waals surface area contributed by atoms with Gasteiger partial charge in [0.2, 0.25) is 0 Å². The van der Waals surface area contributed by atoms with Gasteiger partial charge >= 0.3 is 25.7 Å². The number of rotatable bonds is 6. The molecule has 0 bridgehead atoms. The molecular formula is C17H19F3O6S2Si. The van der Waals surface area contributed by atoms with E-state index in [0.29, 0.717) is 0 Å². The lowest BCUT2D eigenvalue weighted by Crippen LogP contribution is -2.41. The molecule has 160 valence electrons. The SMILES string of the molecule is Cc1ccc(S(=O)(=O)Oc2cccc(OS(=O)(=O)C(F)(F)F)c2[Si](C)(C)C)cc1. The zero-order valence-electron chi connectivity index (χ0n) is 15.9.